The van der Waals surface area contributed by atoms with Crippen molar-refractivity contribution in [2.24, 2.45) is 0 Å². The zero-order chi connectivity index (χ0) is 10.8. The zero-order valence-electron chi connectivity index (χ0n) is 8.85. The predicted molar refractivity (Wildman–Crippen MR) is 60.7 cm³/mol. The lowest BCUT2D eigenvalue weighted by atomic mass is 10.3. The minimum absolute atomic E-state index is 0.383. The second-order valence-corrected chi connectivity index (χ2v) is 5.75. The number of halogens is 1. The summed E-state index contributed by atoms with van der Waals surface area (Å²) in [5, 5.41) is 1.14. The molecule has 0 bridgehead atoms. The second kappa shape index (κ2) is 4.35. The maximum absolute atomic E-state index is 12.7. The third-order valence-electron chi connectivity index (χ3n) is 2.31. The smallest absolute Gasteiger partial charge is 0.225 e. The zero-order valence-corrected chi connectivity index (χ0v) is 9.67. The van der Waals surface area contributed by atoms with Crippen LogP contribution in [-0.4, -0.2) is 33.6 Å². The molecule has 0 aliphatic carbocycles. The molecule has 2 atom stereocenters. The van der Waals surface area contributed by atoms with E-state index in [1.807, 2.05) is 11.8 Å². The highest BCUT2D eigenvalue weighted by molar-refractivity contribution is 8.00. The van der Waals surface area contributed by atoms with E-state index in [9.17, 15) is 4.39 Å². The van der Waals surface area contributed by atoms with Crippen molar-refractivity contribution < 1.29 is 4.39 Å². The van der Waals surface area contributed by atoms with E-state index in [0.717, 1.165) is 13.1 Å². The average molecular weight is 227 g/mol. The van der Waals surface area contributed by atoms with Crippen molar-refractivity contribution in [1.29, 1.82) is 0 Å². The molecule has 0 aromatic carbocycles. The molecule has 1 saturated heterocycles. The Balaban J connectivity index is 2.12. The monoisotopic (exact) mass is 227 g/mol. The quantitative estimate of drug-likeness (QED) is 0.733. The Morgan fingerprint density at radius 1 is 1.27 bits per heavy atom. The van der Waals surface area contributed by atoms with Gasteiger partial charge in [-0.15, -0.1) is 0 Å². The van der Waals surface area contributed by atoms with E-state index in [4.69, 9.17) is 0 Å². The topological polar surface area (TPSA) is 29.0 Å². The van der Waals surface area contributed by atoms with Gasteiger partial charge in [0.1, 0.15) is 0 Å². The molecule has 1 aromatic rings. The van der Waals surface area contributed by atoms with Crippen molar-refractivity contribution >= 4 is 17.7 Å². The van der Waals surface area contributed by atoms with E-state index in [-0.39, 0.29) is 5.82 Å². The largest absolute Gasteiger partial charge is 0.339 e. The van der Waals surface area contributed by atoms with Crippen LogP contribution in [-0.2, 0) is 0 Å². The third-order valence-corrected chi connectivity index (χ3v) is 3.54. The van der Waals surface area contributed by atoms with Crippen LogP contribution >= 0.6 is 11.8 Å². The summed E-state index contributed by atoms with van der Waals surface area (Å²) in [6.07, 6.45) is 2.44. The number of nitrogens with zero attached hydrogens (tertiary/aromatic N) is 3. The van der Waals surface area contributed by atoms with Gasteiger partial charge in [0, 0.05) is 23.6 Å². The van der Waals surface area contributed by atoms with Gasteiger partial charge >= 0.3 is 0 Å². The molecule has 2 heterocycles. The SMILES string of the molecule is C[C@@H]1CN(c2ncc(F)cn2)C[C@@H](C)S1. The van der Waals surface area contributed by atoms with Crippen LogP contribution in [0.3, 0.4) is 0 Å². The van der Waals surface area contributed by atoms with E-state index >= 15 is 0 Å². The summed E-state index contributed by atoms with van der Waals surface area (Å²) in [4.78, 5) is 10.1. The first-order chi connectivity index (χ1) is 7.15. The maximum atomic E-state index is 12.7. The molecule has 0 saturated carbocycles. The highest BCUT2D eigenvalue weighted by Gasteiger charge is 2.23. The fourth-order valence-electron chi connectivity index (χ4n) is 1.81. The molecule has 1 aliphatic heterocycles. The van der Waals surface area contributed by atoms with Crippen molar-refractivity contribution in [2.45, 2.75) is 24.3 Å². The Bertz CT molecular complexity index is 320. The molecule has 3 nitrogen and oxygen atoms in total. The number of anilines is 1. The van der Waals surface area contributed by atoms with Crippen LogP contribution in [0.1, 0.15) is 13.8 Å². The van der Waals surface area contributed by atoms with E-state index < -0.39 is 0 Å². The molecule has 1 fully saturated rings. The molecule has 0 N–H and O–H groups in total. The lowest BCUT2D eigenvalue weighted by Crippen LogP contribution is -2.41. The standard InChI is InChI=1S/C10H14FN3S/c1-7-5-14(6-8(2)15-7)10-12-3-9(11)4-13-10/h3-4,7-8H,5-6H2,1-2H3/t7-,8-/m1/s1. The predicted octanol–water partition coefficient (Wildman–Crippen LogP) is 1.95. The van der Waals surface area contributed by atoms with Gasteiger partial charge in [-0.2, -0.15) is 11.8 Å². The molecule has 1 aliphatic rings. The van der Waals surface area contributed by atoms with E-state index in [1.54, 1.807) is 0 Å². The minimum Gasteiger partial charge on any atom is -0.339 e. The van der Waals surface area contributed by atoms with Gasteiger partial charge in [0.25, 0.3) is 0 Å². The van der Waals surface area contributed by atoms with Crippen LogP contribution in [0, 0.1) is 5.82 Å². The molecule has 15 heavy (non-hydrogen) atoms. The Kier molecular flexibility index (Phi) is 3.09. The van der Waals surface area contributed by atoms with Crippen molar-refractivity contribution in [3.8, 4) is 0 Å². The van der Waals surface area contributed by atoms with Gasteiger partial charge in [0.2, 0.25) is 5.95 Å². The number of thioether (sulfide) groups is 1. The van der Waals surface area contributed by atoms with Crippen molar-refractivity contribution in [3.63, 3.8) is 0 Å². The lowest BCUT2D eigenvalue weighted by Gasteiger charge is -2.34. The van der Waals surface area contributed by atoms with Crippen LogP contribution < -0.4 is 4.90 Å². The van der Waals surface area contributed by atoms with Crippen molar-refractivity contribution in [2.75, 3.05) is 18.0 Å². The van der Waals surface area contributed by atoms with Gasteiger partial charge in [0.05, 0.1) is 12.4 Å². The summed E-state index contributed by atoms with van der Waals surface area (Å²) in [6, 6.07) is 0. The Morgan fingerprint density at radius 2 is 1.80 bits per heavy atom. The summed E-state index contributed by atoms with van der Waals surface area (Å²) in [5.41, 5.74) is 0. The van der Waals surface area contributed by atoms with Gasteiger partial charge < -0.3 is 4.90 Å². The van der Waals surface area contributed by atoms with Crippen LogP contribution in [0.2, 0.25) is 0 Å². The van der Waals surface area contributed by atoms with Crippen LogP contribution in [0.4, 0.5) is 10.3 Å². The Labute approximate surface area is 93.1 Å². The summed E-state index contributed by atoms with van der Waals surface area (Å²) < 4.78 is 12.7. The van der Waals surface area contributed by atoms with Gasteiger partial charge in [0.15, 0.2) is 5.82 Å². The highest BCUT2D eigenvalue weighted by Crippen LogP contribution is 2.26. The van der Waals surface area contributed by atoms with Crippen LogP contribution in [0.5, 0.6) is 0 Å². The average Bonchev–Trinajstić information content (AvgIpc) is 2.17. The lowest BCUT2D eigenvalue weighted by molar-refractivity contribution is 0.609. The van der Waals surface area contributed by atoms with Gasteiger partial charge in [-0.1, -0.05) is 13.8 Å². The molecule has 2 rings (SSSR count). The van der Waals surface area contributed by atoms with Crippen molar-refractivity contribution in [3.05, 3.63) is 18.2 Å². The molecule has 1 aromatic heterocycles. The number of rotatable bonds is 1. The molecule has 0 unspecified atom stereocenters. The van der Waals surface area contributed by atoms with Crippen LogP contribution in [0.15, 0.2) is 12.4 Å². The summed E-state index contributed by atoms with van der Waals surface area (Å²) >= 11 is 1.97. The molecule has 82 valence electrons. The minimum atomic E-state index is -0.383. The summed E-state index contributed by atoms with van der Waals surface area (Å²) in [6.45, 7) is 6.25. The Hall–Kier alpha value is -0.840. The molecule has 0 amide bonds. The summed E-state index contributed by atoms with van der Waals surface area (Å²) in [7, 11) is 0. The molecule has 0 radical (unpaired) electrons. The fourth-order valence-corrected chi connectivity index (χ4v) is 3.14. The van der Waals surface area contributed by atoms with E-state index in [1.165, 1.54) is 12.4 Å². The first kappa shape index (κ1) is 10.7. The second-order valence-electron chi connectivity index (χ2n) is 3.86. The normalized spacial score (nSPS) is 26.7. The van der Waals surface area contributed by atoms with Crippen molar-refractivity contribution in [1.82, 2.24) is 9.97 Å². The molecule has 0 spiro atoms. The van der Waals surface area contributed by atoms with E-state index in [0.29, 0.717) is 16.4 Å². The Morgan fingerprint density at radius 3 is 2.33 bits per heavy atom. The third kappa shape index (κ3) is 2.59. The first-order valence-electron chi connectivity index (χ1n) is 5.03. The number of hydrogen-bond acceptors (Lipinski definition) is 4. The van der Waals surface area contributed by atoms with E-state index in [2.05, 4.69) is 28.7 Å². The van der Waals surface area contributed by atoms with Gasteiger partial charge in [-0.3, -0.25) is 0 Å². The number of hydrogen-bond donors (Lipinski definition) is 0. The molecular weight excluding hydrogens is 213 g/mol. The maximum Gasteiger partial charge on any atom is 0.225 e. The molecular formula is C10H14FN3S. The highest BCUT2D eigenvalue weighted by atomic mass is 32.2. The molecule has 5 heteroatoms. The summed E-state index contributed by atoms with van der Waals surface area (Å²) in [5.74, 6) is 0.252. The van der Waals surface area contributed by atoms with Gasteiger partial charge in [-0.25, -0.2) is 14.4 Å². The first-order valence-corrected chi connectivity index (χ1v) is 5.97. The van der Waals surface area contributed by atoms with Gasteiger partial charge in [-0.05, 0) is 0 Å². The van der Waals surface area contributed by atoms with Crippen LogP contribution in [0.25, 0.3) is 0 Å². The fraction of sp³-hybridized carbons (Fsp3) is 0.600. The number of aromatic nitrogens is 2.